The number of phenols is 1. The van der Waals surface area contributed by atoms with Crippen LogP contribution in [0.5, 0.6) is 5.75 Å². The van der Waals surface area contributed by atoms with E-state index < -0.39 is 5.97 Å². The van der Waals surface area contributed by atoms with Gasteiger partial charge in [-0.1, -0.05) is 11.6 Å². The van der Waals surface area contributed by atoms with Crippen LogP contribution < -0.4 is 0 Å². The Morgan fingerprint density at radius 3 is 2.57 bits per heavy atom. The smallest absolute Gasteiger partial charge is 0.309 e. The minimum absolute atomic E-state index is 0.144. The highest BCUT2D eigenvalue weighted by Gasteiger charge is 2.16. The van der Waals surface area contributed by atoms with Crippen LogP contribution in [0.1, 0.15) is 5.69 Å². The molecule has 5 nitrogen and oxygen atoms in total. The lowest BCUT2D eigenvalue weighted by molar-refractivity contribution is -0.136. The molecule has 0 fully saturated rings. The van der Waals surface area contributed by atoms with E-state index in [9.17, 15) is 9.90 Å². The maximum Gasteiger partial charge on any atom is 0.309 e. The number of nitrogens with zero attached hydrogens (tertiary/aromatic N) is 2. The summed E-state index contributed by atoms with van der Waals surface area (Å²) in [5, 5.41) is 19.0. The van der Waals surface area contributed by atoms with Gasteiger partial charge in [0.25, 0.3) is 0 Å². The largest absolute Gasteiger partial charge is 0.508 e. The maximum atomic E-state index is 11.1. The zero-order valence-corrected chi connectivity index (χ0v) is 11.6. The van der Waals surface area contributed by atoms with Crippen molar-refractivity contribution in [2.45, 2.75) is 6.42 Å². The maximum absolute atomic E-state index is 11.1. The third-order valence-corrected chi connectivity index (χ3v) is 3.36. The van der Waals surface area contributed by atoms with Gasteiger partial charge in [-0.15, -0.1) is 0 Å². The molecule has 0 unspecified atom stereocenters. The summed E-state index contributed by atoms with van der Waals surface area (Å²) in [6.45, 7) is 0. The fourth-order valence-electron chi connectivity index (χ4n) is 2.23. The van der Waals surface area contributed by atoms with Crippen molar-refractivity contribution in [3.63, 3.8) is 0 Å². The fraction of sp³-hybridized carbons (Fsp3) is 0.0667. The van der Waals surface area contributed by atoms with Crippen molar-refractivity contribution in [3.8, 4) is 17.0 Å². The molecule has 3 rings (SSSR count). The molecule has 0 bridgehead atoms. The first kappa shape index (κ1) is 13.5. The average molecular weight is 303 g/mol. The van der Waals surface area contributed by atoms with Crippen molar-refractivity contribution in [2.75, 3.05) is 0 Å². The predicted octanol–water partition coefficient (Wildman–Crippen LogP) is 2.99. The first-order chi connectivity index (χ1) is 10.0. The minimum atomic E-state index is -0.947. The summed E-state index contributed by atoms with van der Waals surface area (Å²) in [5.74, 6) is -0.804. The SMILES string of the molecule is O=C(O)Cc1c(-c2ccc(O)cc2)nc2ccc(Cl)cn12. The molecule has 3 aromatic rings. The zero-order valence-electron chi connectivity index (χ0n) is 10.8. The third kappa shape index (κ3) is 2.55. The lowest BCUT2D eigenvalue weighted by Gasteiger charge is -2.03. The molecule has 1 aromatic carbocycles. The van der Waals surface area contributed by atoms with Gasteiger partial charge in [0.05, 0.1) is 22.8 Å². The van der Waals surface area contributed by atoms with Gasteiger partial charge >= 0.3 is 5.97 Å². The van der Waals surface area contributed by atoms with E-state index in [1.54, 1.807) is 34.9 Å². The predicted molar refractivity (Wildman–Crippen MR) is 78.6 cm³/mol. The van der Waals surface area contributed by atoms with Gasteiger partial charge in [-0.25, -0.2) is 4.98 Å². The fourth-order valence-corrected chi connectivity index (χ4v) is 2.39. The first-order valence-corrected chi connectivity index (χ1v) is 6.60. The molecule has 6 heteroatoms. The van der Waals surface area contributed by atoms with Gasteiger partial charge < -0.3 is 14.6 Å². The molecule has 0 aliphatic rings. The van der Waals surface area contributed by atoms with Crippen molar-refractivity contribution < 1.29 is 15.0 Å². The molecule has 0 radical (unpaired) electrons. The molecule has 2 N–H and O–H groups in total. The van der Waals surface area contributed by atoms with Crippen LogP contribution in [0.4, 0.5) is 0 Å². The van der Waals surface area contributed by atoms with E-state index in [0.29, 0.717) is 22.1 Å². The van der Waals surface area contributed by atoms with Crippen LogP contribution in [0.15, 0.2) is 42.6 Å². The number of rotatable bonds is 3. The summed E-state index contributed by atoms with van der Waals surface area (Å²) in [7, 11) is 0. The van der Waals surface area contributed by atoms with E-state index in [-0.39, 0.29) is 12.2 Å². The Bertz CT molecular complexity index is 825. The van der Waals surface area contributed by atoms with Crippen LogP contribution in [0, 0.1) is 0 Å². The van der Waals surface area contributed by atoms with Crippen molar-refractivity contribution >= 4 is 23.2 Å². The van der Waals surface area contributed by atoms with E-state index in [0.717, 1.165) is 5.56 Å². The number of aromatic hydroxyl groups is 1. The molecule has 0 aliphatic heterocycles. The molecule has 0 saturated heterocycles. The number of carbonyl (C=O) groups is 1. The molecule has 0 saturated carbocycles. The third-order valence-electron chi connectivity index (χ3n) is 3.14. The van der Waals surface area contributed by atoms with Crippen molar-refractivity contribution in [3.05, 3.63) is 53.3 Å². The molecule has 2 aromatic heterocycles. The number of aromatic nitrogens is 2. The van der Waals surface area contributed by atoms with Gasteiger partial charge in [0, 0.05) is 11.8 Å². The van der Waals surface area contributed by atoms with E-state index in [4.69, 9.17) is 16.7 Å². The highest BCUT2D eigenvalue weighted by atomic mass is 35.5. The summed E-state index contributed by atoms with van der Waals surface area (Å²) >= 11 is 5.97. The normalized spacial score (nSPS) is 10.9. The van der Waals surface area contributed by atoms with Crippen LogP contribution in [0.2, 0.25) is 5.02 Å². The van der Waals surface area contributed by atoms with Crippen LogP contribution in [-0.2, 0) is 11.2 Å². The number of fused-ring (bicyclic) bond motifs is 1. The Balaban J connectivity index is 2.25. The summed E-state index contributed by atoms with van der Waals surface area (Å²) in [4.78, 5) is 15.6. The van der Waals surface area contributed by atoms with Crippen LogP contribution in [0.25, 0.3) is 16.9 Å². The highest BCUT2D eigenvalue weighted by molar-refractivity contribution is 6.30. The monoisotopic (exact) mass is 302 g/mol. The molecule has 0 spiro atoms. The van der Waals surface area contributed by atoms with Gasteiger partial charge in [-0.2, -0.15) is 0 Å². The number of carboxylic acids is 1. The molecular weight excluding hydrogens is 292 g/mol. The zero-order chi connectivity index (χ0) is 15.0. The first-order valence-electron chi connectivity index (χ1n) is 6.22. The van der Waals surface area contributed by atoms with Gasteiger partial charge in [0.15, 0.2) is 0 Å². The highest BCUT2D eigenvalue weighted by Crippen LogP contribution is 2.27. The van der Waals surface area contributed by atoms with Gasteiger partial charge in [0.2, 0.25) is 0 Å². The quantitative estimate of drug-likeness (QED) is 0.780. The number of aliphatic carboxylic acids is 1. The molecule has 106 valence electrons. The van der Waals surface area contributed by atoms with Gasteiger partial charge in [-0.3, -0.25) is 4.79 Å². The number of carboxylic acid groups (broad SMARTS) is 1. The Kier molecular flexibility index (Phi) is 3.27. The second-order valence-corrected chi connectivity index (χ2v) is 5.04. The number of phenolic OH excluding ortho intramolecular Hbond substituents is 1. The summed E-state index contributed by atoms with van der Waals surface area (Å²) in [6.07, 6.45) is 1.48. The van der Waals surface area contributed by atoms with Crippen molar-refractivity contribution in [1.29, 1.82) is 0 Å². The van der Waals surface area contributed by atoms with E-state index >= 15 is 0 Å². The number of benzene rings is 1. The molecule has 0 aliphatic carbocycles. The Morgan fingerprint density at radius 2 is 1.90 bits per heavy atom. The number of halogens is 1. The molecule has 0 atom stereocenters. The number of pyridine rings is 1. The lowest BCUT2D eigenvalue weighted by atomic mass is 10.1. The molecule has 0 amide bonds. The summed E-state index contributed by atoms with van der Waals surface area (Å²) in [6, 6.07) is 9.91. The van der Waals surface area contributed by atoms with Gasteiger partial charge in [-0.05, 0) is 36.4 Å². The average Bonchev–Trinajstić information content (AvgIpc) is 2.77. The second-order valence-electron chi connectivity index (χ2n) is 4.60. The molecule has 2 heterocycles. The number of imidazole rings is 1. The van der Waals surface area contributed by atoms with Crippen molar-refractivity contribution in [1.82, 2.24) is 9.38 Å². The summed E-state index contributed by atoms with van der Waals surface area (Å²) in [5.41, 5.74) is 2.48. The number of hydrogen-bond acceptors (Lipinski definition) is 3. The van der Waals surface area contributed by atoms with Crippen LogP contribution in [0.3, 0.4) is 0 Å². The number of hydrogen-bond donors (Lipinski definition) is 2. The minimum Gasteiger partial charge on any atom is -0.508 e. The Labute approximate surface area is 125 Å². The Hall–Kier alpha value is -2.53. The molecule has 21 heavy (non-hydrogen) atoms. The molecular formula is C15H11ClN2O3. The lowest BCUT2D eigenvalue weighted by Crippen LogP contribution is -2.04. The van der Waals surface area contributed by atoms with Crippen molar-refractivity contribution in [2.24, 2.45) is 0 Å². The topological polar surface area (TPSA) is 74.8 Å². The van der Waals surface area contributed by atoms with E-state index in [1.165, 1.54) is 12.1 Å². The second kappa shape index (κ2) is 5.10. The van der Waals surface area contributed by atoms with E-state index in [1.807, 2.05) is 0 Å². The van der Waals surface area contributed by atoms with Crippen LogP contribution in [-0.4, -0.2) is 25.6 Å². The summed E-state index contributed by atoms with van der Waals surface area (Å²) < 4.78 is 1.68. The Morgan fingerprint density at radius 1 is 1.19 bits per heavy atom. The van der Waals surface area contributed by atoms with E-state index in [2.05, 4.69) is 4.98 Å². The van der Waals surface area contributed by atoms with Gasteiger partial charge in [0.1, 0.15) is 11.4 Å². The van der Waals surface area contributed by atoms with Crippen LogP contribution >= 0.6 is 11.6 Å². The standard InChI is InChI=1S/C15H11ClN2O3/c16-10-3-6-13-17-15(9-1-4-11(19)5-2-9)12(7-14(20)21)18(13)8-10/h1-6,8,19H,7H2,(H,20,21).